The van der Waals surface area contributed by atoms with E-state index < -0.39 is 17.7 Å². The number of aromatic nitrogens is 1. The number of pyridine rings is 1. The third kappa shape index (κ3) is 7.10. The molecule has 1 aromatic heterocycles. The molecule has 7 heteroatoms. The molecule has 45 heavy (non-hydrogen) atoms. The zero-order valence-electron chi connectivity index (χ0n) is 28.6. The first-order valence-corrected chi connectivity index (χ1v) is 16.3. The van der Waals surface area contributed by atoms with Gasteiger partial charge in [-0.15, -0.1) is 0 Å². The first-order chi connectivity index (χ1) is 21.0. The van der Waals surface area contributed by atoms with Gasteiger partial charge in [0.15, 0.2) is 6.10 Å². The number of carboxylic acid groups (broad SMARTS) is 1. The molecule has 3 heterocycles. The molecular formula is C38H50FN3O3. The molecule has 1 fully saturated rings. The number of nitrogens with zero attached hydrogens (tertiary/aromatic N) is 3. The molecule has 0 spiro atoms. The SMILES string of the molecule is Cc1nc(C)c([C@H](OC(C)(C)C)C(=O)O)c(N2CCC(C)(C)CC2)c1-c1ccc2c(c1)CCN(Cc1ccc(F)c(C)c1C)C2. The minimum absolute atomic E-state index is 0.149. The van der Waals surface area contributed by atoms with Gasteiger partial charge in [-0.25, -0.2) is 9.18 Å². The predicted molar refractivity (Wildman–Crippen MR) is 179 cm³/mol. The Hall–Kier alpha value is -3.29. The summed E-state index contributed by atoms with van der Waals surface area (Å²) in [6, 6.07) is 10.2. The Balaban J connectivity index is 1.56. The summed E-state index contributed by atoms with van der Waals surface area (Å²) in [6.45, 7) is 22.3. The highest BCUT2D eigenvalue weighted by Gasteiger charge is 2.36. The van der Waals surface area contributed by atoms with Crippen LogP contribution in [0.1, 0.15) is 98.3 Å². The van der Waals surface area contributed by atoms with E-state index in [0.29, 0.717) is 11.3 Å². The molecular weight excluding hydrogens is 565 g/mol. The first-order valence-electron chi connectivity index (χ1n) is 16.3. The molecule has 2 aromatic carbocycles. The highest BCUT2D eigenvalue weighted by Crippen LogP contribution is 2.45. The zero-order chi connectivity index (χ0) is 32.8. The fourth-order valence-corrected chi connectivity index (χ4v) is 6.91. The van der Waals surface area contributed by atoms with E-state index in [-0.39, 0.29) is 11.2 Å². The fourth-order valence-electron chi connectivity index (χ4n) is 6.91. The predicted octanol–water partition coefficient (Wildman–Crippen LogP) is 8.25. The molecule has 6 nitrogen and oxygen atoms in total. The molecule has 5 rings (SSSR count). The van der Waals surface area contributed by atoms with E-state index in [1.165, 1.54) is 16.7 Å². The van der Waals surface area contributed by atoms with Crippen LogP contribution in [0.4, 0.5) is 10.1 Å². The lowest BCUT2D eigenvalue weighted by atomic mass is 9.81. The van der Waals surface area contributed by atoms with Crippen LogP contribution >= 0.6 is 0 Å². The zero-order valence-corrected chi connectivity index (χ0v) is 28.6. The standard InChI is InChI=1S/C38H50FN3O3/c1-23-24(2)31(39)13-12-29(23)21-41-17-14-27-20-28(10-11-30(27)22-41)32-25(3)40-26(4)33(35(36(43)44)45-37(5,6)7)34(32)42-18-15-38(8,9)16-19-42/h10-13,20,35H,14-19,21-22H2,1-9H3,(H,43,44)/t35-/m0/s1. The summed E-state index contributed by atoms with van der Waals surface area (Å²) in [5.74, 6) is -1.15. The number of halogens is 1. The molecule has 0 radical (unpaired) electrons. The summed E-state index contributed by atoms with van der Waals surface area (Å²) in [5.41, 5.74) is 10.4. The van der Waals surface area contributed by atoms with Crippen molar-refractivity contribution in [3.05, 3.63) is 80.9 Å². The molecule has 0 unspecified atom stereocenters. The maximum absolute atomic E-state index is 14.1. The molecule has 2 aliphatic heterocycles. The Morgan fingerprint density at radius 2 is 1.69 bits per heavy atom. The van der Waals surface area contributed by atoms with E-state index >= 15 is 0 Å². The number of aryl methyl sites for hydroxylation is 2. The molecule has 0 amide bonds. The average Bonchev–Trinajstić information content (AvgIpc) is 2.95. The Morgan fingerprint density at radius 1 is 1.00 bits per heavy atom. The van der Waals surface area contributed by atoms with Crippen molar-refractivity contribution in [2.45, 2.75) is 106 Å². The fraction of sp³-hybridized carbons (Fsp3) is 0.526. The lowest BCUT2D eigenvalue weighted by Gasteiger charge is -2.41. The van der Waals surface area contributed by atoms with Gasteiger partial charge >= 0.3 is 5.97 Å². The minimum atomic E-state index is -1.13. The van der Waals surface area contributed by atoms with E-state index in [2.05, 4.69) is 41.8 Å². The Labute approximate surface area is 268 Å². The second-order valence-electron chi connectivity index (χ2n) is 14.9. The topological polar surface area (TPSA) is 65.9 Å². The van der Waals surface area contributed by atoms with Gasteiger partial charge in [0, 0.05) is 55.2 Å². The highest BCUT2D eigenvalue weighted by atomic mass is 19.1. The maximum atomic E-state index is 14.1. The molecule has 0 bridgehead atoms. The molecule has 1 atom stereocenters. The monoisotopic (exact) mass is 615 g/mol. The van der Waals surface area contributed by atoms with Crippen molar-refractivity contribution >= 4 is 11.7 Å². The van der Waals surface area contributed by atoms with Gasteiger partial charge in [-0.3, -0.25) is 9.88 Å². The second-order valence-corrected chi connectivity index (χ2v) is 14.9. The van der Waals surface area contributed by atoms with Gasteiger partial charge in [0.1, 0.15) is 5.82 Å². The smallest absolute Gasteiger partial charge is 0.337 e. The van der Waals surface area contributed by atoms with Crippen molar-refractivity contribution in [1.82, 2.24) is 9.88 Å². The first kappa shape index (κ1) is 33.1. The van der Waals surface area contributed by atoms with Crippen molar-refractivity contribution in [1.29, 1.82) is 0 Å². The maximum Gasteiger partial charge on any atom is 0.337 e. The number of carbonyl (C=O) groups is 1. The lowest BCUT2D eigenvalue weighted by molar-refractivity contribution is -0.160. The lowest BCUT2D eigenvalue weighted by Crippen LogP contribution is -2.39. The molecule has 242 valence electrons. The summed E-state index contributed by atoms with van der Waals surface area (Å²) in [5, 5.41) is 10.5. The van der Waals surface area contributed by atoms with Crippen LogP contribution in [-0.2, 0) is 29.0 Å². The van der Waals surface area contributed by atoms with Gasteiger partial charge in [-0.1, -0.05) is 38.1 Å². The van der Waals surface area contributed by atoms with Crippen molar-refractivity contribution < 1.29 is 19.0 Å². The number of fused-ring (bicyclic) bond motifs is 1. The summed E-state index contributed by atoms with van der Waals surface area (Å²) in [6.07, 6.45) is 1.83. The normalized spacial score (nSPS) is 17.7. The van der Waals surface area contributed by atoms with Gasteiger partial charge in [0.05, 0.1) is 11.3 Å². The molecule has 1 N–H and O–H groups in total. The van der Waals surface area contributed by atoms with E-state index in [0.717, 1.165) is 85.6 Å². The van der Waals surface area contributed by atoms with Crippen LogP contribution in [0.2, 0.25) is 0 Å². The summed E-state index contributed by atoms with van der Waals surface area (Å²) < 4.78 is 20.3. The Bertz CT molecular complexity index is 1600. The van der Waals surface area contributed by atoms with E-state index in [4.69, 9.17) is 9.72 Å². The minimum Gasteiger partial charge on any atom is -0.479 e. The van der Waals surface area contributed by atoms with Crippen molar-refractivity contribution in [3.8, 4) is 11.1 Å². The van der Waals surface area contributed by atoms with Gasteiger partial charge < -0.3 is 14.7 Å². The van der Waals surface area contributed by atoms with E-state index in [9.17, 15) is 14.3 Å². The number of hydrogen-bond acceptors (Lipinski definition) is 5. The van der Waals surface area contributed by atoms with Gasteiger partial charge in [0.2, 0.25) is 0 Å². The largest absolute Gasteiger partial charge is 0.479 e. The summed E-state index contributed by atoms with van der Waals surface area (Å²) >= 11 is 0. The van der Waals surface area contributed by atoms with Crippen LogP contribution in [0, 0.1) is 38.9 Å². The Kier molecular flexibility index (Phi) is 9.18. The number of benzene rings is 2. The van der Waals surface area contributed by atoms with Gasteiger partial charge in [-0.05, 0) is 113 Å². The number of carboxylic acids is 1. The summed E-state index contributed by atoms with van der Waals surface area (Å²) in [4.78, 5) is 22.6. The molecule has 0 aliphatic carbocycles. The van der Waals surface area contributed by atoms with E-state index in [1.54, 1.807) is 6.07 Å². The number of piperidine rings is 1. The quantitative estimate of drug-likeness (QED) is 0.289. The number of hydrogen-bond donors (Lipinski definition) is 1. The van der Waals surface area contributed by atoms with Gasteiger partial charge in [-0.2, -0.15) is 0 Å². The van der Waals surface area contributed by atoms with E-state index in [1.807, 2.05) is 54.5 Å². The van der Waals surface area contributed by atoms with Crippen molar-refractivity contribution in [2.75, 3.05) is 24.5 Å². The van der Waals surface area contributed by atoms with Crippen LogP contribution in [0.25, 0.3) is 11.1 Å². The Morgan fingerprint density at radius 3 is 2.33 bits per heavy atom. The molecule has 2 aliphatic rings. The second kappa shape index (κ2) is 12.5. The van der Waals surface area contributed by atoms with Crippen molar-refractivity contribution in [2.24, 2.45) is 5.41 Å². The molecule has 0 saturated carbocycles. The van der Waals surface area contributed by atoms with Crippen LogP contribution in [0.5, 0.6) is 0 Å². The van der Waals surface area contributed by atoms with Crippen LogP contribution in [0.3, 0.4) is 0 Å². The van der Waals surface area contributed by atoms with Crippen LogP contribution in [-0.4, -0.2) is 46.2 Å². The number of anilines is 1. The summed E-state index contributed by atoms with van der Waals surface area (Å²) in [7, 11) is 0. The number of rotatable bonds is 7. The molecule has 1 saturated heterocycles. The van der Waals surface area contributed by atoms with Crippen molar-refractivity contribution in [3.63, 3.8) is 0 Å². The average molecular weight is 616 g/mol. The third-order valence-corrected chi connectivity index (χ3v) is 9.78. The number of ether oxygens (including phenoxy) is 1. The highest BCUT2D eigenvalue weighted by molar-refractivity contribution is 5.88. The van der Waals surface area contributed by atoms with Crippen LogP contribution < -0.4 is 4.90 Å². The number of aliphatic carboxylic acids is 1. The van der Waals surface area contributed by atoms with Crippen LogP contribution in [0.15, 0.2) is 30.3 Å². The molecule has 3 aromatic rings. The van der Waals surface area contributed by atoms with Gasteiger partial charge in [0.25, 0.3) is 0 Å². The third-order valence-electron chi connectivity index (χ3n) is 9.78.